The van der Waals surface area contributed by atoms with Crippen molar-refractivity contribution < 1.29 is 14.3 Å². The molecular formula is C27H29N3O4. The van der Waals surface area contributed by atoms with E-state index in [9.17, 15) is 9.59 Å². The van der Waals surface area contributed by atoms with Gasteiger partial charge in [-0.15, -0.1) is 0 Å². The van der Waals surface area contributed by atoms with Gasteiger partial charge < -0.3 is 14.0 Å². The van der Waals surface area contributed by atoms with Crippen molar-refractivity contribution in [2.24, 2.45) is 0 Å². The molecule has 176 valence electrons. The summed E-state index contributed by atoms with van der Waals surface area (Å²) in [5.41, 5.74) is 3.36. The lowest BCUT2D eigenvalue weighted by Gasteiger charge is -2.14. The molecule has 7 nitrogen and oxygen atoms in total. The Hall–Kier alpha value is -3.87. The van der Waals surface area contributed by atoms with E-state index in [1.165, 1.54) is 0 Å². The summed E-state index contributed by atoms with van der Waals surface area (Å²) in [7, 11) is 1.62. The average molecular weight is 460 g/mol. The van der Waals surface area contributed by atoms with E-state index in [-0.39, 0.29) is 17.6 Å². The number of pyridine rings is 1. The first-order valence-electron chi connectivity index (χ1n) is 11.3. The second-order valence-electron chi connectivity index (χ2n) is 9.15. The van der Waals surface area contributed by atoms with Gasteiger partial charge in [-0.25, -0.2) is 9.48 Å². The summed E-state index contributed by atoms with van der Waals surface area (Å²) >= 11 is 0. The number of benzene rings is 2. The summed E-state index contributed by atoms with van der Waals surface area (Å²) in [6, 6.07) is 18.5. The molecule has 0 aliphatic heterocycles. The normalized spacial score (nSPS) is 11.6. The molecule has 7 heteroatoms. The maximum absolute atomic E-state index is 12.7. The Balaban J connectivity index is 1.79. The molecule has 0 N–H and O–H groups in total. The number of nitrogens with zero attached hydrogens (tertiary/aromatic N) is 3. The smallest absolute Gasteiger partial charge is 0.357 e. The number of methoxy groups -OCH3 is 1. The highest BCUT2D eigenvalue weighted by Crippen LogP contribution is 2.26. The van der Waals surface area contributed by atoms with E-state index in [2.05, 4.69) is 0 Å². The van der Waals surface area contributed by atoms with Crippen LogP contribution in [0.5, 0.6) is 5.75 Å². The second kappa shape index (κ2) is 9.17. The van der Waals surface area contributed by atoms with Crippen LogP contribution in [0.1, 0.15) is 49.4 Å². The van der Waals surface area contributed by atoms with Crippen molar-refractivity contribution in [1.82, 2.24) is 14.3 Å². The molecule has 4 rings (SSSR count). The maximum Gasteiger partial charge on any atom is 0.357 e. The van der Waals surface area contributed by atoms with Crippen molar-refractivity contribution in [2.75, 3.05) is 13.7 Å². The molecule has 0 saturated carbocycles. The fourth-order valence-electron chi connectivity index (χ4n) is 3.79. The van der Waals surface area contributed by atoms with E-state index in [4.69, 9.17) is 14.6 Å². The molecule has 0 aliphatic rings. The molecule has 0 unspecified atom stereocenters. The molecule has 0 amide bonds. The summed E-state index contributed by atoms with van der Waals surface area (Å²) in [5.74, 6) is 0.347. The van der Waals surface area contributed by atoms with Gasteiger partial charge in [0.2, 0.25) is 0 Å². The van der Waals surface area contributed by atoms with Gasteiger partial charge in [-0.1, -0.05) is 32.9 Å². The Morgan fingerprint density at radius 3 is 2.38 bits per heavy atom. The zero-order chi connectivity index (χ0) is 24.5. The van der Waals surface area contributed by atoms with E-state index in [1.807, 2.05) is 63.2 Å². The van der Waals surface area contributed by atoms with Gasteiger partial charge in [0.15, 0.2) is 5.69 Å². The minimum Gasteiger partial charge on any atom is -0.497 e. The van der Waals surface area contributed by atoms with Gasteiger partial charge in [-0.2, -0.15) is 5.10 Å². The molecule has 2 aromatic carbocycles. The second-order valence-corrected chi connectivity index (χ2v) is 9.15. The molecule has 0 spiro atoms. The van der Waals surface area contributed by atoms with Crippen LogP contribution in [0, 0.1) is 0 Å². The monoisotopic (exact) mass is 459 g/mol. The molecule has 2 heterocycles. The zero-order valence-electron chi connectivity index (χ0n) is 20.2. The SMILES string of the molecule is CCOC(=O)c1cc(C(C)(C)C)nn1-c1ccc2c(ccc(=O)n2Cc2ccc(OC)cc2)c1. The summed E-state index contributed by atoms with van der Waals surface area (Å²) in [5, 5.41) is 5.59. The van der Waals surface area contributed by atoms with Crippen LogP contribution in [-0.4, -0.2) is 34.0 Å². The number of esters is 1. The fourth-order valence-corrected chi connectivity index (χ4v) is 3.79. The third kappa shape index (κ3) is 4.59. The summed E-state index contributed by atoms with van der Waals surface area (Å²) in [6.45, 7) is 8.64. The highest BCUT2D eigenvalue weighted by molar-refractivity contribution is 5.89. The molecule has 0 fully saturated rings. The first-order chi connectivity index (χ1) is 16.2. The number of carbonyl (C=O) groups excluding carboxylic acids is 1. The van der Waals surface area contributed by atoms with Crippen molar-refractivity contribution in [2.45, 2.75) is 39.7 Å². The third-order valence-electron chi connectivity index (χ3n) is 5.68. The highest BCUT2D eigenvalue weighted by atomic mass is 16.5. The van der Waals surface area contributed by atoms with E-state index >= 15 is 0 Å². The standard InChI is InChI=1S/C27H29N3O4/c1-6-34-26(32)23-16-24(27(2,3)4)28-30(23)20-10-13-22-19(15-20)9-14-25(31)29(22)17-18-7-11-21(33-5)12-8-18/h7-16H,6,17H2,1-5H3. The van der Waals surface area contributed by atoms with Crippen LogP contribution in [0.4, 0.5) is 0 Å². The van der Waals surface area contributed by atoms with Crippen molar-refractivity contribution in [3.8, 4) is 11.4 Å². The quantitative estimate of drug-likeness (QED) is 0.390. The van der Waals surface area contributed by atoms with E-state index in [0.29, 0.717) is 12.2 Å². The van der Waals surface area contributed by atoms with Crippen molar-refractivity contribution >= 4 is 16.9 Å². The van der Waals surface area contributed by atoms with Gasteiger partial charge in [-0.3, -0.25) is 4.79 Å². The molecule has 2 aromatic heterocycles. The molecular weight excluding hydrogens is 430 g/mol. The summed E-state index contributed by atoms with van der Waals surface area (Å²) in [4.78, 5) is 25.4. The number of aromatic nitrogens is 3. The molecule has 0 radical (unpaired) electrons. The number of carbonyl (C=O) groups is 1. The highest BCUT2D eigenvalue weighted by Gasteiger charge is 2.24. The first-order valence-corrected chi connectivity index (χ1v) is 11.3. The Kier molecular flexibility index (Phi) is 6.28. The first kappa shape index (κ1) is 23.3. The van der Waals surface area contributed by atoms with Crippen LogP contribution in [0.2, 0.25) is 0 Å². The summed E-state index contributed by atoms with van der Waals surface area (Å²) in [6.07, 6.45) is 0. The molecule has 0 saturated heterocycles. The molecule has 0 aliphatic carbocycles. The maximum atomic E-state index is 12.7. The van der Waals surface area contributed by atoms with Crippen molar-refractivity contribution in [3.63, 3.8) is 0 Å². The van der Waals surface area contributed by atoms with Crippen molar-refractivity contribution in [3.05, 3.63) is 88.0 Å². The Morgan fingerprint density at radius 1 is 1.00 bits per heavy atom. The van der Waals surface area contributed by atoms with Crippen LogP contribution in [-0.2, 0) is 16.7 Å². The van der Waals surface area contributed by atoms with Gasteiger partial charge in [0.05, 0.1) is 37.2 Å². The number of hydrogen-bond acceptors (Lipinski definition) is 5. The molecule has 0 atom stereocenters. The minimum absolute atomic E-state index is 0.0858. The number of rotatable bonds is 6. The largest absolute Gasteiger partial charge is 0.497 e. The molecule has 34 heavy (non-hydrogen) atoms. The van der Waals surface area contributed by atoms with E-state index in [1.54, 1.807) is 41.5 Å². The Bertz CT molecular complexity index is 1390. The van der Waals surface area contributed by atoms with Gasteiger partial charge in [0.1, 0.15) is 5.75 Å². The zero-order valence-corrected chi connectivity index (χ0v) is 20.2. The van der Waals surface area contributed by atoms with E-state index in [0.717, 1.165) is 33.6 Å². The number of ether oxygens (including phenoxy) is 2. The number of hydrogen-bond donors (Lipinski definition) is 0. The lowest BCUT2D eigenvalue weighted by molar-refractivity contribution is 0.0515. The van der Waals surface area contributed by atoms with Crippen LogP contribution in [0.3, 0.4) is 0 Å². The van der Waals surface area contributed by atoms with Crippen molar-refractivity contribution in [1.29, 1.82) is 0 Å². The average Bonchev–Trinajstić information content (AvgIpc) is 3.28. The van der Waals surface area contributed by atoms with Gasteiger partial charge in [-0.05, 0) is 55.0 Å². The van der Waals surface area contributed by atoms with E-state index < -0.39 is 5.97 Å². The Morgan fingerprint density at radius 2 is 1.74 bits per heavy atom. The van der Waals surface area contributed by atoms with Crippen LogP contribution in [0.15, 0.2) is 65.5 Å². The predicted octanol–water partition coefficient (Wildman–Crippen LogP) is 4.72. The van der Waals surface area contributed by atoms with Gasteiger partial charge in [0, 0.05) is 16.9 Å². The topological polar surface area (TPSA) is 75.4 Å². The van der Waals surface area contributed by atoms with Crippen LogP contribution in [0.25, 0.3) is 16.6 Å². The number of fused-ring (bicyclic) bond motifs is 1. The van der Waals surface area contributed by atoms with Gasteiger partial charge >= 0.3 is 5.97 Å². The Labute approximate surface area is 198 Å². The lowest BCUT2D eigenvalue weighted by atomic mass is 9.92. The minimum atomic E-state index is -0.421. The summed E-state index contributed by atoms with van der Waals surface area (Å²) < 4.78 is 13.8. The lowest BCUT2D eigenvalue weighted by Crippen LogP contribution is -2.20. The van der Waals surface area contributed by atoms with Crippen LogP contribution < -0.4 is 10.3 Å². The predicted molar refractivity (Wildman–Crippen MR) is 132 cm³/mol. The molecule has 4 aromatic rings. The van der Waals surface area contributed by atoms with Crippen LogP contribution >= 0.6 is 0 Å². The third-order valence-corrected chi connectivity index (χ3v) is 5.68. The van der Waals surface area contributed by atoms with Gasteiger partial charge in [0.25, 0.3) is 5.56 Å². The molecule has 0 bridgehead atoms. The fraction of sp³-hybridized carbons (Fsp3) is 0.296.